The Morgan fingerprint density at radius 1 is 1.22 bits per heavy atom. The van der Waals surface area contributed by atoms with E-state index in [9.17, 15) is 5.11 Å². The molecule has 0 amide bonds. The van der Waals surface area contributed by atoms with Crippen molar-refractivity contribution in [3.63, 3.8) is 0 Å². The second kappa shape index (κ2) is 6.07. The van der Waals surface area contributed by atoms with Crippen molar-refractivity contribution in [3.05, 3.63) is 23.8 Å². The van der Waals surface area contributed by atoms with Crippen LogP contribution in [0.1, 0.15) is 12.5 Å². The van der Waals surface area contributed by atoms with Crippen molar-refractivity contribution in [2.45, 2.75) is 13.5 Å². The molecule has 0 spiro atoms. The first-order chi connectivity index (χ1) is 8.70. The summed E-state index contributed by atoms with van der Waals surface area (Å²) in [6.07, 6.45) is 0. The van der Waals surface area contributed by atoms with Crippen LogP contribution in [0.2, 0.25) is 0 Å². The molecule has 1 aliphatic heterocycles. The number of phenols is 1. The van der Waals surface area contributed by atoms with Crippen LogP contribution in [0.3, 0.4) is 0 Å². The molecule has 1 heterocycles. The van der Waals surface area contributed by atoms with Gasteiger partial charge < -0.3 is 14.7 Å². The molecule has 100 valence electrons. The zero-order valence-electron chi connectivity index (χ0n) is 11.2. The Bertz CT molecular complexity index is 387. The fourth-order valence-corrected chi connectivity index (χ4v) is 2.21. The van der Waals surface area contributed by atoms with Gasteiger partial charge in [0.15, 0.2) is 11.5 Å². The minimum Gasteiger partial charge on any atom is -0.504 e. The molecule has 0 bridgehead atoms. The predicted molar refractivity (Wildman–Crippen MR) is 72.0 cm³/mol. The highest BCUT2D eigenvalue weighted by Gasteiger charge is 2.16. The van der Waals surface area contributed by atoms with Gasteiger partial charge in [-0.05, 0) is 20.0 Å². The molecule has 1 fully saturated rings. The highest BCUT2D eigenvalue weighted by Crippen LogP contribution is 2.30. The number of nitrogens with zero attached hydrogens (tertiary/aromatic N) is 2. The number of hydrogen-bond acceptors (Lipinski definition) is 4. The molecule has 0 saturated carbocycles. The zero-order valence-corrected chi connectivity index (χ0v) is 11.2. The molecule has 1 aromatic carbocycles. The lowest BCUT2D eigenvalue weighted by Crippen LogP contribution is -2.43. The quantitative estimate of drug-likeness (QED) is 0.879. The third-order valence-corrected chi connectivity index (χ3v) is 3.37. The fraction of sp³-hybridized carbons (Fsp3) is 0.571. The van der Waals surface area contributed by atoms with Crippen LogP contribution in [0.5, 0.6) is 11.5 Å². The minimum absolute atomic E-state index is 0.290. The second-order valence-corrected chi connectivity index (χ2v) is 4.78. The lowest BCUT2D eigenvalue weighted by molar-refractivity contribution is 0.147. The van der Waals surface area contributed by atoms with E-state index in [0.29, 0.717) is 18.1 Å². The number of rotatable bonds is 4. The maximum Gasteiger partial charge on any atom is 0.162 e. The molecule has 1 aliphatic rings. The third kappa shape index (κ3) is 3.15. The molecule has 4 heteroatoms. The second-order valence-electron chi connectivity index (χ2n) is 4.78. The van der Waals surface area contributed by atoms with Crippen molar-refractivity contribution in [1.82, 2.24) is 9.80 Å². The Hall–Kier alpha value is -1.26. The summed E-state index contributed by atoms with van der Waals surface area (Å²) in [5.74, 6) is 0.877. The van der Waals surface area contributed by atoms with Crippen LogP contribution in [0.4, 0.5) is 0 Å². The maximum atomic E-state index is 10.1. The molecule has 1 aromatic rings. The topological polar surface area (TPSA) is 35.9 Å². The number of para-hydroxylation sites is 1. The monoisotopic (exact) mass is 250 g/mol. The van der Waals surface area contributed by atoms with Gasteiger partial charge in [0, 0.05) is 38.3 Å². The molecule has 0 atom stereocenters. The zero-order chi connectivity index (χ0) is 13.0. The van der Waals surface area contributed by atoms with E-state index in [-0.39, 0.29) is 0 Å². The molecule has 0 aromatic heterocycles. The van der Waals surface area contributed by atoms with Crippen LogP contribution < -0.4 is 4.74 Å². The summed E-state index contributed by atoms with van der Waals surface area (Å²) in [6, 6.07) is 5.72. The molecule has 0 unspecified atom stereocenters. The Morgan fingerprint density at radius 3 is 2.61 bits per heavy atom. The van der Waals surface area contributed by atoms with Crippen molar-refractivity contribution in [2.75, 3.05) is 39.8 Å². The smallest absolute Gasteiger partial charge is 0.162 e. The average molecular weight is 250 g/mol. The van der Waals surface area contributed by atoms with E-state index in [2.05, 4.69) is 16.8 Å². The largest absolute Gasteiger partial charge is 0.504 e. The van der Waals surface area contributed by atoms with Gasteiger partial charge in [0.2, 0.25) is 0 Å². The van der Waals surface area contributed by atoms with Crippen LogP contribution in [0.15, 0.2) is 18.2 Å². The average Bonchev–Trinajstić information content (AvgIpc) is 2.37. The highest BCUT2D eigenvalue weighted by molar-refractivity contribution is 5.45. The highest BCUT2D eigenvalue weighted by atomic mass is 16.5. The number of piperazine rings is 1. The standard InChI is InChI=1S/C14H22N2O2/c1-3-18-13-6-4-5-12(14(13)17)11-16-9-7-15(2)8-10-16/h4-6,17H,3,7-11H2,1-2H3. The summed E-state index contributed by atoms with van der Waals surface area (Å²) < 4.78 is 5.41. The van der Waals surface area contributed by atoms with E-state index in [4.69, 9.17) is 4.74 Å². The van der Waals surface area contributed by atoms with Crippen LogP contribution in [-0.4, -0.2) is 54.7 Å². The number of phenolic OH excluding ortho intramolecular Hbond substituents is 1. The van der Waals surface area contributed by atoms with Gasteiger partial charge in [-0.1, -0.05) is 12.1 Å². The van der Waals surface area contributed by atoms with Crippen LogP contribution >= 0.6 is 0 Å². The molecular formula is C14H22N2O2. The Kier molecular flexibility index (Phi) is 4.44. The van der Waals surface area contributed by atoms with Crippen LogP contribution in [0.25, 0.3) is 0 Å². The van der Waals surface area contributed by atoms with Gasteiger partial charge in [-0.15, -0.1) is 0 Å². The lowest BCUT2D eigenvalue weighted by atomic mass is 10.1. The van der Waals surface area contributed by atoms with E-state index < -0.39 is 0 Å². The molecule has 18 heavy (non-hydrogen) atoms. The van der Waals surface area contributed by atoms with Gasteiger partial charge in [-0.3, -0.25) is 4.90 Å². The first-order valence-electron chi connectivity index (χ1n) is 6.55. The summed E-state index contributed by atoms with van der Waals surface area (Å²) in [4.78, 5) is 4.69. The van der Waals surface area contributed by atoms with Crippen molar-refractivity contribution in [2.24, 2.45) is 0 Å². The molecule has 4 nitrogen and oxygen atoms in total. The van der Waals surface area contributed by atoms with E-state index in [1.54, 1.807) is 0 Å². The van der Waals surface area contributed by atoms with Crippen molar-refractivity contribution in [3.8, 4) is 11.5 Å². The number of likely N-dealkylation sites (N-methyl/N-ethyl adjacent to an activating group) is 1. The Labute approximate surface area is 109 Å². The van der Waals surface area contributed by atoms with Gasteiger partial charge in [0.1, 0.15) is 0 Å². The van der Waals surface area contributed by atoms with Crippen molar-refractivity contribution in [1.29, 1.82) is 0 Å². The van der Waals surface area contributed by atoms with Crippen LogP contribution in [-0.2, 0) is 6.54 Å². The first kappa shape index (κ1) is 13.2. The first-order valence-corrected chi connectivity index (χ1v) is 6.55. The molecule has 1 saturated heterocycles. The summed E-state index contributed by atoms with van der Waals surface area (Å²) in [5, 5.41) is 10.1. The summed E-state index contributed by atoms with van der Waals surface area (Å²) >= 11 is 0. The van der Waals surface area contributed by atoms with E-state index >= 15 is 0 Å². The van der Waals surface area contributed by atoms with Gasteiger partial charge in [0.25, 0.3) is 0 Å². The molecular weight excluding hydrogens is 228 g/mol. The number of ether oxygens (including phenoxy) is 1. The van der Waals surface area contributed by atoms with E-state index in [1.807, 2.05) is 25.1 Å². The minimum atomic E-state index is 0.290. The van der Waals surface area contributed by atoms with Gasteiger partial charge in [-0.2, -0.15) is 0 Å². The summed E-state index contributed by atoms with van der Waals surface area (Å²) in [6.45, 7) is 7.57. The SMILES string of the molecule is CCOc1cccc(CN2CCN(C)CC2)c1O. The normalized spacial score (nSPS) is 17.9. The lowest BCUT2D eigenvalue weighted by Gasteiger charge is -2.32. The van der Waals surface area contributed by atoms with Crippen molar-refractivity contribution >= 4 is 0 Å². The maximum absolute atomic E-state index is 10.1. The fourth-order valence-electron chi connectivity index (χ4n) is 2.21. The summed E-state index contributed by atoms with van der Waals surface area (Å²) in [7, 11) is 2.14. The number of hydrogen-bond donors (Lipinski definition) is 1. The Morgan fingerprint density at radius 2 is 1.94 bits per heavy atom. The van der Waals surface area contributed by atoms with Gasteiger partial charge >= 0.3 is 0 Å². The molecule has 0 aliphatic carbocycles. The molecule has 2 rings (SSSR count). The van der Waals surface area contributed by atoms with E-state index in [0.717, 1.165) is 38.3 Å². The molecule has 0 radical (unpaired) electrons. The van der Waals surface area contributed by atoms with Crippen LogP contribution in [0, 0.1) is 0 Å². The van der Waals surface area contributed by atoms with Gasteiger partial charge in [-0.25, -0.2) is 0 Å². The predicted octanol–water partition coefficient (Wildman–Crippen LogP) is 1.54. The summed E-state index contributed by atoms with van der Waals surface area (Å²) in [5.41, 5.74) is 0.950. The Balaban J connectivity index is 2.02. The number of benzene rings is 1. The molecule has 1 N–H and O–H groups in total. The van der Waals surface area contributed by atoms with Gasteiger partial charge in [0.05, 0.1) is 6.61 Å². The number of aromatic hydroxyl groups is 1. The van der Waals surface area contributed by atoms with E-state index in [1.165, 1.54) is 0 Å². The third-order valence-electron chi connectivity index (χ3n) is 3.37. The van der Waals surface area contributed by atoms with Crippen molar-refractivity contribution < 1.29 is 9.84 Å².